The lowest BCUT2D eigenvalue weighted by Gasteiger charge is -2.31. The molecule has 1 aromatic carbocycles. The van der Waals surface area contributed by atoms with Crippen LogP contribution in [0.5, 0.6) is 0 Å². The summed E-state index contributed by atoms with van der Waals surface area (Å²) in [6.07, 6.45) is 3.64. The highest BCUT2D eigenvalue weighted by molar-refractivity contribution is 7.12. The van der Waals surface area contributed by atoms with E-state index in [1.54, 1.807) is 17.2 Å². The van der Waals surface area contributed by atoms with Gasteiger partial charge in [0, 0.05) is 17.7 Å². The zero-order valence-corrected chi connectivity index (χ0v) is 15.9. The second-order valence-corrected chi connectivity index (χ2v) is 7.83. The molecule has 0 saturated heterocycles. The van der Waals surface area contributed by atoms with Crippen molar-refractivity contribution in [2.24, 2.45) is 0 Å². The Morgan fingerprint density at radius 1 is 1.11 bits per heavy atom. The first kappa shape index (κ1) is 17.0. The zero-order valence-electron chi connectivity index (χ0n) is 15.1. The smallest absolute Gasteiger partial charge is 0.269 e. The largest absolute Gasteiger partial charge is 0.467 e. The number of carbonyl (C=O) groups excluding carboxylic acids is 2. The van der Waals surface area contributed by atoms with Crippen molar-refractivity contribution in [3.05, 3.63) is 82.1 Å². The Balaban J connectivity index is 1.78. The summed E-state index contributed by atoms with van der Waals surface area (Å²) in [5.74, 6) is 0.510. The molecule has 0 saturated carbocycles. The minimum absolute atomic E-state index is 0.0620. The number of amides is 1. The molecule has 1 aliphatic carbocycles. The fraction of sp³-hybridized carbons (Fsp3) is 0.182. The van der Waals surface area contributed by atoms with Gasteiger partial charge in [0.2, 0.25) is 0 Å². The van der Waals surface area contributed by atoms with Crippen LogP contribution in [0, 0.1) is 0 Å². The maximum atomic E-state index is 13.6. The van der Waals surface area contributed by atoms with Gasteiger partial charge in [-0.1, -0.05) is 18.2 Å². The summed E-state index contributed by atoms with van der Waals surface area (Å²) in [6, 6.07) is 14.4. The van der Waals surface area contributed by atoms with E-state index in [1.807, 2.05) is 47.8 Å². The number of ketones is 1. The molecule has 28 heavy (non-hydrogen) atoms. The number of rotatable bonds is 2. The van der Waals surface area contributed by atoms with Gasteiger partial charge in [-0.2, -0.15) is 0 Å². The minimum Gasteiger partial charge on any atom is -0.467 e. The van der Waals surface area contributed by atoms with Gasteiger partial charge in [0.05, 0.1) is 22.5 Å². The van der Waals surface area contributed by atoms with E-state index in [2.05, 4.69) is 5.32 Å². The van der Waals surface area contributed by atoms with Crippen molar-refractivity contribution >= 4 is 34.4 Å². The van der Waals surface area contributed by atoms with Gasteiger partial charge >= 0.3 is 0 Å². The number of anilines is 2. The van der Waals surface area contributed by atoms with Crippen LogP contribution in [0.4, 0.5) is 11.4 Å². The van der Waals surface area contributed by atoms with Crippen molar-refractivity contribution in [2.45, 2.75) is 25.3 Å². The molecule has 2 aromatic heterocycles. The topological polar surface area (TPSA) is 62.6 Å². The summed E-state index contributed by atoms with van der Waals surface area (Å²) in [5, 5.41) is 5.32. The summed E-state index contributed by atoms with van der Waals surface area (Å²) >= 11 is 1.39. The summed E-state index contributed by atoms with van der Waals surface area (Å²) in [5.41, 5.74) is 3.07. The Morgan fingerprint density at radius 3 is 2.79 bits per heavy atom. The second kappa shape index (κ2) is 6.80. The van der Waals surface area contributed by atoms with E-state index in [9.17, 15) is 9.59 Å². The van der Waals surface area contributed by atoms with Gasteiger partial charge in [-0.3, -0.25) is 14.5 Å². The Bertz CT molecular complexity index is 1070. The molecule has 1 aliphatic heterocycles. The molecular formula is C22H18N2O3S. The van der Waals surface area contributed by atoms with Crippen molar-refractivity contribution < 1.29 is 14.0 Å². The summed E-state index contributed by atoms with van der Waals surface area (Å²) in [6.45, 7) is 0. The van der Waals surface area contributed by atoms with Crippen LogP contribution in [-0.2, 0) is 4.79 Å². The number of furan rings is 1. The van der Waals surface area contributed by atoms with Crippen LogP contribution in [0.1, 0.15) is 40.7 Å². The SMILES string of the molecule is O=C1CCCC2=C1C(c1ccco1)N(C(=O)c1cccs1)c1ccccc1N2. The Hall–Kier alpha value is -3.12. The fourth-order valence-electron chi connectivity index (χ4n) is 3.99. The molecule has 0 spiro atoms. The van der Waals surface area contributed by atoms with Crippen molar-refractivity contribution in [3.8, 4) is 0 Å². The average molecular weight is 390 g/mol. The molecule has 1 amide bonds. The Kier molecular flexibility index (Phi) is 4.13. The van der Waals surface area contributed by atoms with Gasteiger partial charge in [-0.05, 0) is 48.6 Å². The maximum Gasteiger partial charge on any atom is 0.269 e. The fourth-order valence-corrected chi connectivity index (χ4v) is 4.65. The molecule has 1 unspecified atom stereocenters. The molecule has 6 heteroatoms. The Labute approximate surface area is 166 Å². The van der Waals surface area contributed by atoms with Gasteiger partial charge < -0.3 is 9.73 Å². The number of nitrogens with one attached hydrogen (secondary N) is 1. The predicted octanol–water partition coefficient (Wildman–Crippen LogP) is 5.16. The molecule has 0 fully saturated rings. The number of hydrogen-bond donors (Lipinski definition) is 1. The normalized spacial score (nSPS) is 18.9. The molecule has 2 aliphatic rings. The Morgan fingerprint density at radius 2 is 2.00 bits per heavy atom. The van der Waals surface area contributed by atoms with Gasteiger partial charge in [-0.15, -0.1) is 11.3 Å². The molecule has 5 rings (SSSR count). The van der Waals surface area contributed by atoms with Crippen LogP contribution in [0.3, 0.4) is 0 Å². The van der Waals surface area contributed by atoms with Crippen molar-refractivity contribution in [1.29, 1.82) is 0 Å². The third kappa shape index (κ3) is 2.68. The lowest BCUT2D eigenvalue weighted by molar-refractivity contribution is -0.116. The number of carbonyl (C=O) groups is 2. The highest BCUT2D eigenvalue weighted by Gasteiger charge is 2.41. The number of benzene rings is 1. The first-order chi connectivity index (χ1) is 13.7. The molecule has 0 bridgehead atoms. The van der Waals surface area contributed by atoms with Crippen molar-refractivity contribution in [2.75, 3.05) is 10.2 Å². The monoisotopic (exact) mass is 390 g/mol. The van der Waals surface area contributed by atoms with E-state index in [4.69, 9.17) is 4.42 Å². The number of allylic oxidation sites excluding steroid dienone is 1. The number of nitrogens with zero attached hydrogens (tertiary/aromatic N) is 1. The number of Topliss-reactive ketones (excluding diaryl/α,β-unsaturated/α-hetero) is 1. The van der Waals surface area contributed by atoms with E-state index in [0.29, 0.717) is 22.6 Å². The van der Waals surface area contributed by atoms with Crippen molar-refractivity contribution in [1.82, 2.24) is 0 Å². The summed E-state index contributed by atoms with van der Waals surface area (Å²) in [4.78, 5) is 28.9. The lowest BCUT2D eigenvalue weighted by atomic mass is 9.88. The first-order valence-electron chi connectivity index (χ1n) is 9.27. The molecule has 3 aromatic rings. The standard InChI is InChI=1S/C22H18N2O3S/c25-17-9-3-7-15-20(17)21(18-10-4-12-27-18)24(22(26)19-11-5-13-28-19)16-8-2-1-6-14(16)23-15/h1-2,4-6,8,10-13,21,23H,3,7,9H2. The number of fused-ring (bicyclic) bond motifs is 1. The molecule has 140 valence electrons. The van der Waals surface area contributed by atoms with Gasteiger partial charge in [-0.25, -0.2) is 0 Å². The molecule has 0 radical (unpaired) electrons. The predicted molar refractivity (Wildman–Crippen MR) is 109 cm³/mol. The molecule has 1 atom stereocenters. The van der Waals surface area contributed by atoms with Gasteiger partial charge in [0.25, 0.3) is 5.91 Å². The molecule has 3 heterocycles. The third-order valence-corrected chi connectivity index (χ3v) is 6.06. The third-order valence-electron chi connectivity index (χ3n) is 5.20. The van der Waals surface area contributed by atoms with Crippen LogP contribution >= 0.6 is 11.3 Å². The minimum atomic E-state index is -0.594. The number of para-hydroxylation sites is 2. The van der Waals surface area contributed by atoms with Crippen LogP contribution in [0.2, 0.25) is 0 Å². The van der Waals surface area contributed by atoms with Crippen molar-refractivity contribution in [3.63, 3.8) is 0 Å². The van der Waals surface area contributed by atoms with Crippen LogP contribution in [0.25, 0.3) is 0 Å². The van der Waals surface area contributed by atoms with E-state index < -0.39 is 6.04 Å². The van der Waals surface area contributed by atoms with E-state index in [1.165, 1.54) is 11.3 Å². The zero-order chi connectivity index (χ0) is 19.1. The molecule has 5 nitrogen and oxygen atoms in total. The lowest BCUT2D eigenvalue weighted by Crippen LogP contribution is -2.37. The highest BCUT2D eigenvalue weighted by atomic mass is 32.1. The first-order valence-corrected chi connectivity index (χ1v) is 10.1. The summed E-state index contributed by atoms with van der Waals surface area (Å²) < 4.78 is 5.73. The summed E-state index contributed by atoms with van der Waals surface area (Å²) in [7, 11) is 0. The van der Waals surface area contributed by atoms with E-state index >= 15 is 0 Å². The maximum absolute atomic E-state index is 13.6. The van der Waals surface area contributed by atoms with Crippen LogP contribution in [0.15, 0.2) is 75.9 Å². The molecule has 1 N–H and O–H groups in total. The van der Waals surface area contributed by atoms with Gasteiger partial charge in [0.15, 0.2) is 5.78 Å². The van der Waals surface area contributed by atoms with E-state index in [0.717, 1.165) is 29.9 Å². The quantitative estimate of drug-likeness (QED) is 0.656. The average Bonchev–Trinajstić information content (AvgIpc) is 3.39. The van der Waals surface area contributed by atoms with Gasteiger partial charge in [0.1, 0.15) is 11.8 Å². The van der Waals surface area contributed by atoms with Crippen LogP contribution in [-0.4, -0.2) is 11.7 Å². The highest BCUT2D eigenvalue weighted by Crippen LogP contribution is 2.45. The van der Waals surface area contributed by atoms with E-state index in [-0.39, 0.29) is 11.7 Å². The molecular weight excluding hydrogens is 372 g/mol. The number of thiophene rings is 1. The second-order valence-electron chi connectivity index (χ2n) is 6.88. The van der Waals surface area contributed by atoms with Crippen LogP contribution < -0.4 is 10.2 Å². The number of hydrogen-bond acceptors (Lipinski definition) is 5.